The van der Waals surface area contributed by atoms with E-state index in [0.717, 1.165) is 10.6 Å². The third kappa shape index (κ3) is 3.78. The Bertz CT molecular complexity index is 807. The van der Waals surface area contributed by atoms with Crippen LogP contribution >= 0.6 is 0 Å². The molecule has 5 nitrogen and oxygen atoms in total. The van der Waals surface area contributed by atoms with Crippen LogP contribution in [-0.4, -0.2) is 14.3 Å². The first-order valence-corrected chi connectivity index (χ1v) is 8.67. The zero-order chi connectivity index (χ0) is 17.2. The smallest absolute Gasteiger partial charge is 0.258 e. The van der Waals surface area contributed by atoms with E-state index in [1.165, 1.54) is 6.92 Å². The maximum Gasteiger partial charge on any atom is 0.258 e. The molecule has 0 saturated heterocycles. The van der Waals surface area contributed by atoms with E-state index in [-0.39, 0.29) is 4.90 Å². The first-order valence-electron chi connectivity index (χ1n) is 7.18. The van der Waals surface area contributed by atoms with E-state index in [4.69, 9.17) is 0 Å². The van der Waals surface area contributed by atoms with Gasteiger partial charge < -0.3 is 0 Å². The van der Waals surface area contributed by atoms with Crippen molar-refractivity contribution in [1.82, 2.24) is 4.83 Å². The fourth-order valence-electron chi connectivity index (χ4n) is 2.63. The molecule has 0 saturated carbocycles. The molecule has 0 radical (unpaired) electrons. The van der Waals surface area contributed by atoms with Crippen LogP contribution in [0.25, 0.3) is 0 Å². The minimum Gasteiger partial charge on any atom is -0.273 e. The van der Waals surface area contributed by atoms with Crippen LogP contribution in [0.4, 0.5) is 5.69 Å². The molecule has 0 atom stereocenters. The molecule has 23 heavy (non-hydrogen) atoms. The maximum atomic E-state index is 12.8. The second-order valence-electron chi connectivity index (χ2n) is 5.51. The van der Waals surface area contributed by atoms with Gasteiger partial charge in [-0.3, -0.25) is 4.79 Å². The second kappa shape index (κ2) is 6.52. The Morgan fingerprint density at radius 1 is 1.00 bits per heavy atom. The molecule has 0 heterocycles. The summed E-state index contributed by atoms with van der Waals surface area (Å²) >= 11 is 0. The highest BCUT2D eigenvalue weighted by Gasteiger charge is 2.24. The molecular formula is C17H20N2O3S. The average molecular weight is 332 g/mol. The molecule has 0 aliphatic rings. The van der Waals surface area contributed by atoms with Crippen LogP contribution in [0.2, 0.25) is 0 Å². The quantitative estimate of drug-likeness (QED) is 0.876. The molecular weight excluding hydrogens is 312 g/mol. The Kier molecular flexibility index (Phi) is 4.87. The van der Waals surface area contributed by atoms with Crippen LogP contribution in [0.15, 0.2) is 47.4 Å². The first kappa shape index (κ1) is 17.2. The molecule has 1 amide bonds. The lowest BCUT2D eigenvalue weighted by atomic mass is 10.1. The van der Waals surface area contributed by atoms with Gasteiger partial charge in [0.15, 0.2) is 0 Å². The van der Waals surface area contributed by atoms with Gasteiger partial charge in [-0.2, -0.15) is 0 Å². The minimum absolute atomic E-state index is 0.199. The highest BCUT2D eigenvalue weighted by molar-refractivity contribution is 7.89. The number of benzene rings is 2. The Balaban J connectivity index is 2.46. The van der Waals surface area contributed by atoms with E-state index in [0.29, 0.717) is 16.8 Å². The molecule has 0 aliphatic heterocycles. The maximum absolute atomic E-state index is 12.8. The van der Waals surface area contributed by atoms with Crippen LogP contribution in [-0.2, 0) is 14.8 Å². The van der Waals surface area contributed by atoms with Gasteiger partial charge in [0.25, 0.3) is 10.0 Å². The number of amides is 1. The van der Waals surface area contributed by atoms with Crippen LogP contribution in [0.1, 0.15) is 23.6 Å². The lowest BCUT2D eigenvalue weighted by Crippen LogP contribution is -2.45. The normalized spacial score (nSPS) is 11.3. The number of hydrazine groups is 1. The monoisotopic (exact) mass is 332 g/mol. The number of hydrogen-bond acceptors (Lipinski definition) is 3. The lowest BCUT2D eigenvalue weighted by molar-refractivity contribution is -0.116. The largest absolute Gasteiger partial charge is 0.273 e. The van der Waals surface area contributed by atoms with Gasteiger partial charge in [-0.05, 0) is 44.0 Å². The Morgan fingerprint density at radius 2 is 1.52 bits per heavy atom. The summed E-state index contributed by atoms with van der Waals surface area (Å²) in [5.74, 6) is -0.415. The Morgan fingerprint density at radius 3 is 2.00 bits per heavy atom. The number of hydrogen-bond donors (Lipinski definition) is 1. The van der Waals surface area contributed by atoms with Crippen molar-refractivity contribution < 1.29 is 13.2 Å². The van der Waals surface area contributed by atoms with Crippen molar-refractivity contribution in [1.29, 1.82) is 0 Å². The van der Waals surface area contributed by atoms with E-state index in [2.05, 4.69) is 4.83 Å². The zero-order valence-corrected chi connectivity index (χ0v) is 14.4. The summed E-state index contributed by atoms with van der Waals surface area (Å²) in [5, 5.41) is 1.04. The van der Waals surface area contributed by atoms with Crippen molar-refractivity contribution >= 4 is 21.6 Å². The number of aryl methyl sites for hydroxylation is 3. The lowest BCUT2D eigenvalue weighted by Gasteiger charge is -2.23. The second-order valence-corrected chi connectivity index (χ2v) is 7.11. The fourth-order valence-corrected chi connectivity index (χ4v) is 4.16. The Hall–Kier alpha value is -2.18. The minimum atomic E-state index is -3.88. The van der Waals surface area contributed by atoms with E-state index >= 15 is 0 Å². The highest BCUT2D eigenvalue weighted by Crippen LogP contribution is 2.23. The van der Waals surface area contributed by atoms with Gasteiger partial charge in [0.05, 0.1) is 10.6 Å². The van der Waals surface area contributed by atoms with Crippen LogP contribution in [0, 0.1) is 20.8 Å². The Labute approximate surface area is 137 Å². The van der Waals surface area contributed by atoms with E-state index < -0.39 is 15.9 Å². The summed E-state index contributed by atoms with van der Waals surface area (Å²) in [5.41, 5.74) is 2.74. The van der Waals surface area contributed by atoms with Crippen molar-refractivity contribution in [3.05, 3.63) is 59.2 Å². The van der Waals surface area contributed by atoms with Gasteiger partial charge in [0.1, 0.15) is 0 Å². The van der Waals surface area contributed by atoms with Gasteiger partial charge >= 0.3 is 0 Å². The standard InChI is InChI=1S/C17H20N2O3S/c1-12-10-13(2)17(14(3)11-12)23(21,22)18-19(15(4)20)16-8-6-5-7-9-16/h5-11,18H,1-4H3. The number of carbonyl (C=O) groups excluding carboxylic acids is 1. The van der Waals surface area contributed by atoms with Gasteiger partial charge in [-0.1, -0.05) is 35.9 Å². The molecule has 6 heteroatoms. The predicted molar refractivity (Wildman–Crippen MR) is 90.6 cm³/mol. The van der Waals surface area contributed by atoms with E-state index in [9.17, 15) is 13.2 Å². The summed E-state index contributed by atoms with van der Waals surface area (Å²) in [4.78, 5) is 14.5. The zero-order valence-electron chi connectivity index (χ0n) is 13.6. The van der Waals surface area contributed by atoms with Gasteiger partial charge in [-0.25, -0.2) is 13.4 Å². The summed E-state index contributed by atoms with van der Waals surface area (Å²) in [6.45, 7) is 6.71. The molecule has 0 bridgehead atoms. The summed E-state index contributed by atoms with van der Waals surface area (Å²) in [6, 6.07) is 12.2. The SMILES string of the molecule is CC(=O)N(NS(=O)(=O)c1c(C)cc(C)cc1C)c1ccccc1. The molecule has 0 unspecified atom stereocenters. The number of para-hydroxylation sites is 1. The van der Waals surface area contributed by atoms with Crippen molar-refractivity contribution in [3.8, 4) is 0 Å². The summed E-state index contributed by atoms with van der Waals surface area (Å²) in [7, 11) is -3.88. The predicted octanol–water partition coefficient (Wildman–Crippen LogP) is 2.86. The summed E-state index contributed by atoms with van der Waals surface area (Å²) in [6.07, 6.45) is 0. The molecule has 2 rings (SSSR count). The molecule has 2 aromatic rings. The number of anilines is 1. The topological polar surface area (TPSA) is 66.5 Å². The third-order valence-corrected chi connectivity index (χ3v) is 5.02. The number of carbonyl (C=O) groups is 1. The van der Waals surface area contributed by atoms with E-state index in [1.54, 1.807) is 44.2 Å². The van der Waals surface area contributed by atoms with Gasteiger partial charge in [-0.15, -0.1) is 4.83 Å². The number of nitrogens with zero attached hydrogens (tertiary/aromatic N) is 1. The van der Waals surface area contributed by atoms with Crippen molar-refractivity contribution in [2.45, 2.75) is 32.6 Å². The molecule has 2 aromatic carbocycles. The molecule has 122 valence electrons. The number of sulfonamides is 1. The molecule has 0 fully saturated rings. The highest BCUT2D eigenvalue weighted by atomic mass is 32.2. The molecule has 1 N–H and O–H groups in total. The number of nitrogens with one attached hydrogen (secondary N) is 1. The summed E-state index contributed by atoms with van der Waals surface area (Å²) < 4.78 is 25.5. The van der Waals surface area contributed by atoms with Crippen LogP contribution in [0.5, 0.6) is 0 Å². The third-order valence-electron chi connectivity index (χ3n) is 3.41. The van der Waals surface area contributed by atoms with Crippen molar-refractivity contribution in [2.24, 2.45) is 0 Å². The number of rotatable bonds is 4. The molecule has 0 spiro atoms. The van der Waals surface area contributed by atoms with Gasteiger partial charge in [0.2, 0.25) is 5.91 Å². The van der Waals surface area contributed by atoms with Crippen molar-refractivity contribution in [3.63, 3.8) is 0 Å². The molecule has 0 aromatic heterocycles. The first-order chi connectivity index (χ1) is 10.7. The van der Waals surface area contributed by atoms with Crippen LogP contribution in [0.3, 0.4) is 0 Å². The van der Waals surface area contributed by atoms with Gasteiger partial charge in [0, 0.05) is 6.92 Å². The fraction of sp³-hybridized carbons (Fsp3) is 0.235. The molecule has 0 aliphatic carbocycles. The van der Waals surface area contributed by atoms with Crippen molar-refractivity contribution in [2.75, 3.05) is 5.01 Å². The van der Waals surface area contributed by atoms with Crippen LogP contribution < -0.4 is 9.84 Å². The van der Waals surface area contributed by atoms with E-state index in [1.807, 2.05) is 19.1 Å². The average Bonchev–Trinajstić information content (AvgIpc) is 2.44.